The highest BCUT2D eigenvalue weighted by atomic mass is 16.5. The molecule has 0 unspecified atom stereocenters. The molecular weight excluding hydrogens is 440 g/mol. The molecule has 0 spiro atoms. The summed E-state index contributed by atoms with van der Waals surface area (Å²) in [4.78, 5) is 29.0. The second-order valence-electron chi connectivity index (χ2n) is 8.25. The molecular formula is C29H24N2O4. The first-order chi connectivity index (χ1) is 17.0. The monoisotopic (exact) mass is 464 g/mol. The van der Waals surface area contributed by atoms with Gasteiger partial charge in [0.2, 0.25) is 0 Å². The van der Waals surface area contributed by atoms with Crippen LogP contribution in [0, 0.1) is 6.92 Å². The maximum Gasteiger partial charge on any atom is 0.282 e. The number of methoxy groups -OCH3 is 2. The van der Waals surface area contributed by atoms with E-state index in [2.05, 4.69) is 5.32 Å². The van der Waals surface area contributed by atoms with Gasteiger partial charge in [-0.1, -0.05) is 66.2 Å². The first-order valence-electron chi connectivity index (χ1n) is 11.2. The maximum atomic E-state index is 13.9. The van der Waals surface area contributed by atoms with Crippen LogP contribution in [0.1, 0.15) is 11.1 Å². The minimum Gasteiger partial charge on any atom is -0.497 e. The summed E-state index contributed by atoms with van der Waals surface area (Å²) in [5.74, 6) is 0.292. The van der Waals surface area contributed by atoms with Crippen LogP contribution in [0.5, 0.6) is 11.5 Å². The lowest BCUT2D eigenvalue weighted by atomic mass is 10.0. The SMILES string of the molecule is COc1ccc(NC2=C(c3ccc(C)cc3)C(=O)N(c3cccc4ccccc34)C2=O)c(OC)c1. The minimum absolute atomic E-state index is 0.190. The number of benzene rings is 4. The van der Waals surface area contributed by atoms with Crippen molar-refractivity contribution in [2.45, 2.75) is 6.92 Å². The van der Waals surface area contributed by atoms with Gasteiger partial charge in [0, 0.05) is 11.5 Å². The highest BCUT2D eigenvalue weighted by Crippen LogP contribution is 2.38. The highest BCUT2D eigenvalue weighted by molar-refractivity contribution is 6.47. The molecule has 0 atom stereocenters. The summed E-state index contributed by atoms with van der Waals surface area (Å²) in [6, 6.07) is 26.1. The van der Waals surface area contributed by atoms with Crippen molar-refractivity contribution in [3.05, 3.63) is 102 Å². The lowest BCUT2D eigenvalue weighted by molar-refractivity contribution is -0.120. The third-order valence-corrected chi connectivity index (χ3v) is 6.10. The molecule has 6 heteroatoms. The fourth-order valence-electron chi connectivity index (χ4n) is 4.29. The summed E-state index contributed by atoms with van der Waals surface area (Å²) >= 11 is 0. The van der Waals surface area contributed by atoms with E-state index in [1.54, 1.807) is 38.5 Å². The number of hydrogen-bond acceptors (Lipinski definition) is 5. The molecule has 4 aromatic rings. The molecule has 0 saturated heterocycles. The summed E-state index contributed by atoms with van der Waals surface area (Å²) in [6.45, 7) is 1.98. The summed E-state index contributed by atoms with van der Waals surface area (Å²) < 4.78 is 10.8. The normalized spacial score (nSPS) is 13.5. The zero-order chi connectivity index (χ0) is 24.5. The van der Waals surface area contributed by atoms with Gasteiger partial charge in [0.15, 0.2) is 0 Å². The van der Waals surface area contributed by atoms with Crippen LogP contribution in [0.2, 0.25) is 0 Å². The number of carbonyl (C=O) groups excluding carboxylic acids is 2. The van der Waals surface area contributed by atoms with Crippen molar-refractivity contribution < 1.29 is 19.1 Å². The Morgan fingerprint density at radius 3 is 2.26 bits per heavy atom. The van der Waals surface area contributed by atoms with Crippen LogP contribution in [0.3, 0.4) is 0 Å². The lowest BCUT2D eigenvalue weighted by Gasteiger charge is -2.18. The van der Waals surface area contributed by atoms with E-state index >= 15 is 0 Å². The van der Waals surface area contributed by atoms with Crippen LogP contribution in [-0.4, -0.2) is 26.0 Å². The van der Waals surface area contributed by atoms with Crippen LogP contribution >= 0.6 is 0 Å². The number of ether oxygens (including phenoxy) is 2. The molecule has 1 N–H and O–H groups in total. The number of amides is 2. The first kappa shape index (κ1) is 22.2. The van der Waals surface area contributed by atoms with E-state index < -0.39 is 5.91 Å². The molecule has 0 saturated carbocycles. The number of imide groups is 1. The molecule has 0 aliphatic carbocycles. The second-order valence-corrected chi connectivity index (χ2v) is 8.25. The molecule has 5 rings (SSSR count). The van der Waals surface area contributed by atoms with Crippen LogP contribution in [-0.2, 0) is 9.59 Å². The van der Waals surface area contributed by atoms with E-state index in [1.165, 1.54) is 4.90 Å². The predicted molar refractivity (Wildman–Crippen MR) is 138 cm³/mol. The van der Waals surface area contributed by atoms with E-state index in [1.807, 2.05) is 67.6 Å². The van der Waals surface area contributed by atoms with Crippen molar-refractivity contribution in [3.63, 3.8) is 0 Å². The van der Waals surface area contributed by atoms with Crippen LogP contribution in [0.4, 0.5) is 11.4 Å². The van der Waals surface area contributed by atoms with Crippen molar-refractivity contribution in [2.24, 2.45) is 0 Å². The number of fused-ring (bicyclic) bond motifs is 1. The van der Waals surface area contributed by atoms with Gasteiger partial charge >= 0.3 is 0 Å². The minimum atomic E-state index is -0.431. The van der Waals surface area contributed by atoms with Crippen molar-refractivity contribution in [1.82, 2.24) is 0 Å². The van der Waals surface area contributed by atoms with E-state index in [4.69, 9.17) is 9.47 Å². The average Bonchev–Trinajstić information content (AvgIpc) is 3.13. The molecule has 0 radical (unpaired) electrons. The standard InChI is InChI=1S/C29H24N2O4/c1-18-11-13-20(14-12-18)26-27(30-23-16-15-21(34-2)17-25(23)35-3)29(33)31(28(26)32)24-10-6-8-19-7-4-5-9-22(19)24/h4-17,30H,1-3H3. The maximum absolute atomic E-state index is 13.9. The van der Waals surface area contributed by atoms with Crippen molar-refractivity contribution >= 4 is 39.5 Å². The number of aryl methyl sites for hydroxylation is 1. The third-order valence-electron chi connectivity index (χ3n) is 6.10. The molecule has 0 aromatic heterocycles. The van der Waals surface area contributed by atoms with Crippen LogP contribution in [0.15, 0.2) is 90.6 Å². The van der Waals surface area contributed by atoms with E-state index in [0.29, 0.717) is 34.0 Å². The largest absolute Gasteiger partial charge is 0.497 e. The quantitative estimate of drug-likeness (QED) is 0.378. The molecule has 0 bridgehead atoms. The molecule has 35 heavy (non-hydrogen) atoms. The van der Waals surface area contributed by atoms with Gasteiger partial charge in [0.25, 0.3) is 11.8 Å². The molecule has 1 aliphatic heterocycles. The van der Waals surface area contributed by atoms with Gasteiger partial charge in [0.1, 0.15) is 17.2 Å². The van der Waals surface area contributed by atoms with Gasteiger partial charge in [-0.2, -0.15) is 0 Å². The molecule has 6 nitrogen and oxygen atoms in total. The van der Waals surface area contributed by atoms with Crippen LogP contribution in [0.25, 0.3) is 16.3 Å². The zero-order valence-corrected chi connectivity index (χ0v) is 19.7. The predicted octanol–water partition coefficient (Wildman–Crippen LogP) is 5.56. The highest BCUT2D eigenvalue weighted by Gasteiger charge is 2.41. The Hall–Kier alpha value is -4.58. The molecule has 0 fully saturated rings. The fourth-order valence-corrected chi connectivity index (χ4v) is 4.29. The summed E-state index contributed by atoms with van der Waals surface area (Å²) in [6.07, 6.45) is 0. The van der Waals surface area contributed by atoms with Crippen molar-refractivity contribution in [1.29, 1.82) is 0 Å². The van der Waals surface area contributed by atoms with E-state index in [0.717, 1.165) is 16.3 Å². The Kier molecular flexibility index (Phi) is 5.71. The van der Waals surface area contributed by atoms with Gasteiger partial charge in [-0.15, -0.1) is 0 Å². The summed E-state index contributed by atoms with van der Waals surface area (Å²) in [7, 11) is 3.11. The van der Waals surface area contributed by atoms with Gasteiger partial charge in [-0.05, 0) is 36.1 Å². The fraction of sp³-hybridized carbons (Fsp3) is 0.103. The van der Waals surface area contributed by atoms with Gasteiger partial charge in [-0.3, -0.25) is 9.59 Å². The number of rotatable bonds is 6. The Bertz CT molecular complexity index is 1480. The Morgan fingerprint density at radius 1 is 0.771 bits per heavy atom. The smallest absolute Gasteiger partial charge is 0.282 e. The first-order valence-corrected chi connectivity index (χ1v) is 11.2. The van der Waals surface area contributed by atoms with Gasteiger partial charge in [0.05, 0.1) is 31.2 Å². The number of nitrogens with zero attached hydrogens (tertiary/aromatic N) is 1. The van der Waals surface area contributed by atoms with Crippen molar-refractivity contribution in [2.75, 3.05) is 24.4 Å². The van der Waals surface area contributed by atoms with Gasteiger partial charge < -0.3 is 14.8 Å². The van der Waals surface area contributed by atoms with Crippen LogP contribution < -0.4 is 19.7 Å². The summed E-state index contributed by atoms with van der Waals surface area (Å²) in [5, 5.41) is 4.96. The van der Waals surface area contributed by atoms with E-state index in [9.17, 15) is 9.59 Å². The number of anilines is 2. The topological polar surface area (TPSA) is 67.9 Å². The Balaban J connectivity index is 1.66. The molecule has 174 valence electrons. The van der Waals surface area contributed by atoms with Crippen molar-refractivity contribution in [3.8, 4) is 11.5 Å². The van der Waals surface area contributed by atoms with Gasteiger partial charge in [-0.25, -0.2) is 4.90 Å². The van der Waals surface area contributed by atoms with E-state index in [-0.39, 0.29) is 11.6 Å². The Morgan fingerprint density at radius 2 is 1.51 bits per heavy atom. The molecule has 1 aliphatic rings. The number of nitrogens with one attached hydrogen (secondary N) is 1. The summed E-state index contributed by atoms with van der Waals surface area (Å²) in [5.41, 5.74) is 3.31. The number of hydrogen-bond donors (Lipinski definition) is 1. The lowest BCUT2D eigenvalue weighted by Crippen LogP contribution is -2.32. The average molecular weight is 465 g/mol. The second kappa shape index (κ2) is 8.99. The molecule has 4 aromatic carbocycles. The number of carbonyl (C=O) groups is 2. The molecule has 2 amide bonds. The zero-order valence-electron chi connectivity index (χ0n) is 19.7. The third kappa shape index (κ3) is 3.89. The molecule has 1 heterocycles. The Labute approximate surface area is 203 Å².